The van der Waals surface area contributed by atoms with Gasteiger partial charge in [-0.05, 0) is 30.4 Å². The van der Waals surface area contributed by atoms with Gasteiger partial charge in [-0.15, -0.1) is 0 Å². The minimum absolute atomic E-state index is 0.154. The molecule has 7 nitrogen and oxygen atoms in total. The van der Waals surface area contributed by atoms with Crippen molar-refractivity contribution in [3.05, 3.63) is 102 Å². The molecule has 1 heterocycles. The normalized spacial score (nSPS) is 16.5. The average molecular weight is 539 g/mol. The Morgan fingerprint density at radius 1 is 0.925 bits per heavy atom. The van der Waals surface area contributed by atoms with Crippen molar-refractivity contribution in [3.8, 4) is 0 Å². The molecule has 1 unspecified atom stereocenters. The highest BCUT2D eigenvalue weighted by atomic mass is 16.2. The second kappa shape index (κ2) is 13.2. The smallest absolute Gasteiger partial charge is 0.272 e. The number of hydrogen-bond donors (Lipinski definition) is 2. The number of benzodiazepines with no additional fused rings is 1. The fourth-order valence-corrected chi connectivity index (χ4v) is 5.34. The summed E-state index contributed by atoms with van der Waals surface area (Å²) in [5.41, 5.74) is 9.69. The summed E-state index contributed by atoms with van der Waals surface area (Å²) in [6.07, 6.45) is 0.518. The lowest BCUT2D eigenvalue weighted by atomic mass is 9.81. The van der Waals surface area contributed by atoms with E-state index in [4.69, 9.17) is 10.7 Å². The van der Waals surface area contributed by atoms with E-state index in [9.17, 15) is 14.4 Å². The number of primary amides is 1. The average Bonchev–Trinajstić information content (AvgIpc) is 3.06. The number of carbonyl (C=O) groups excluding carboxylic acids is 3. The summed E-state index contributed by atoms with van der Waals surface area (Å²) in [6.45, 7) is 6.29. The molecular formula is C33H38N4O3. The molecule has 1 aliphatic rings. The van der Waals surface area contributed by atoms with Crippen molar-refractivity contribution in [2.75, 3.05) is 4.90 Å². The maximum absolute atomic E-state index is 14.2. The lowest BCUT2D eigenvalue weighted by Gasteiger charge is -2.28. The maximum Gasteiger partial charge on any atom is 0.272 e. The molecule has 0 aliphatic carbocycles. The van der Waals surface area contributed by atoms with Crippen molar-refractivity contribution in [1.29, 1.82) is 0 Å². The third-order valence-electron chi connectivity index (χ3n) is 7.23. The SMILES string of the molecule is CCC[C@H](C(N)=O)[C@@H](CC(C)C)C(=O)NC1N=C(c2ccccc2)c2ccccc2N(Cc2ccccc2)C1=O. The molecule has 0 aromatic heterocycles. The first-order valence-electron chi connectivity index (χ1n) is 14.0. The largest absolute Gasteiger partial charge is 0.369 e. The van der Waals surface area contributed by atoms with E-state index in [-0.39, 0.29) is 17.7 Å². The monoisotopic (exact) mass is 538 g/mol. The first-order valence-corrected chi connectivity index (χ1v) is 14.0. The lowest BCUT2D eigenvalue weighted by Crippen LogP contribution is -2.50. The van der Waals surface area contributed by atoms with Crippen LogP contribution in [0.2, 0.25) is 0 Å². The fraction of sp³-hybridized carbons (Fsp3) is 0.333. The molecule has 0 spiro atoms. The van der Waals surface area contributed by atoms with E-state index in [1.54, 1.807) is 4.90 Å². The summed E-state index contributed by atoms with van der Waals surface area (Å²) in [7, 11) is 0. The first kappa shape index (κ1) is 28.7. The van der Waals surface area contributed by atoms with Gasteiger partial charge in [-0.25, -0.2) is 4.99 Å². The number of fused-ring (bicyclic) bond motifs is 1. The summed E-state index contributed by atoms with van der Waals surface area (Å²) in [5.74, 6) is -2.35. The standard InChI is InChI=1S/C33H38N4O3/c1-4-13-25(30(34)38)27(20-22(2)3)32(39)36-31-33(40)37(21-23-14-7-5-8-15-23)28-19-12-11-18-26(28)29(35-31)24-16-9-6-10-17-24/h5-12,14-19,22,25,27,31H,4,13,20-21H2,1-3H3,(H2,34,38)(H,36,39)/t25-,27+,31?/m0/s1. The minimum Gasteiger partial charge on any atom is -0.369 e. The first-order chi connectivity index (χ1) is 19.3. The van der Waals surface area contributed by atoms with Crippen molar-refractivity contribution < 1.29 is 14.4 Å². The molecule has 3 amide bonds. The van der Waals surface area contributed by atoms with E-state index in [1.165, 1.54) is 0 Å². The van der Waals surface area contributed by atoms with Crippen LogP contribution in [0.25, 0.3) is 0 Å². The van der Waals surface area contributed by atoms with Gasteiger partial charge in [0.15, 0.2) is 0 Å². The second-order valence-corrected chi connectivity index (χ2v) is 10.7. The van der Waals surface area contributed by atoms with Gasteiger partial charge in [-0.2, -0.15) is 0 Å². The van der Waals surface area contributed by atoms with Gasteiger partial charge in [-0.3, -0.25) is 14.4 Å². The molecule has 208 valence electrons. The number of amides is 3. The Morgan fingerprint density at radius 3 is 2.17 bits per heavy atom. The molecular weight excluding hydrogens is 500 g/mol. The molecule has 0 saturated carbocycles. The number of para-hydroxylation sites is 1. The van der Waals surface area contributed by atoms with Gasteiger partial charge in [0.25, 0.3) is 5.91 Å². The van der Waals surface area contributed by atoms with Gasteiger partial charge in [0.05, 0.1) is 17.9 Å². The number of nitrogens with zero attached hydrogens (tertiary/aromatic N) is 2. The van der Waals surface area contributed by atoms with Gasteiger partial charge in [0.1, 0.15) is 0 Å². The molecule has 40 heavy (non-hydrogen) atoms. The Hall–Kier alpha value is -4.26. The highest BCUT2D eigenvalue weighted by Crippen LogP contribution is 2.30. The highest BCUT2D eigenvalue weighted by molar-refractivity contribution is 6.20. The van der Waals surface area contributed by atoms with E-state index in [0.717, 1.165) is 22.4 Å². The predicted molar refractivity (Wildman–Crippen MR) is 159 cm³/mol. The molecule has 0 saturated heterocycles. The van der Waals surface area contributed by atoms with E-state index < -0.39 is 23.9 Å². The van der Waals surface area contributed by atoms with E-state index in [0.29, 0.717) is 31.5 Å². The van der Waals surface area contributed by atoms with Crippen LogP contribution in [0.4, 0.5) is 5.69 Å². The molecule has 3 atom stereocenters. The Balaban J connectivity index is 1.79. The molecule has 4 rings (SSSR count). The number of rotatable bonds is 11. The summed E-state index contributed by atoms with van der Waals surface area (Å²) in [6, 6.07) is 27.0. The van der Waals surface area contributed by atoms with Crippen LogP contribution >= 0.6 is 0 Å². The van der Waals surface area contributed by atoms with Gasteiger partial charge in [0.2, 0.25) is 18.0 Å². The number of aliphatic imine (C=N–C) groups is 1. The molecule has 0 fully saturated rings. The zero-order chi connectivity index (χ0) is 28.6. The molecule has 3 aromatic carbocycles. The molecule has 3 N–H and O–H groups in total. The lowest BCUT2D eigenvalue weighted by molar-refractivity contribution is -0.136. The van der Waals surface area contributed by atoms with Crippen LogP contribution in [0.1, 0.15) is 56.7 Å². The van der Waals surface area contributed by atoms with Crippen LogP contribution in [0, 0.1) is 17.8 Å². The maximum atomic E-state index is 14.2. The van der Waals surface area contributed by atoms with Crippen LogP contribution in [0.3, 0.4) is 0 Å². The van der Waals surface area contributed by atoms with Crippen LogP contribution < -0.4 is 16.0 Å². The van der Waals surface area contributed by atoms with E-state index in [1.807, 2.05) is 106 Å². The Kier molecular flexibility index (Phi) is 9.48. The third kappa shape index (κ3) is 6.65. The van der Waals surface area contributed by atoms with Crippen molar-refractivity contribution >= 4 is 29.1 Å². The summed E-state index contributed by atoms with van der Waals surface area (Å²) in [4.78, 5) is 47.0. The predicted octanol–water partition coefficient (Wildman–Crippen LogP) is 5.08. The number of nitrogens with two attached hydrogens (primary N) is 1. The number of hydrogen-bond acceptors (Lipinski definition) is 4. The van der Waals surface area contributed by atoms with Crippen molar-refractivity contribution in [3.63, 3.8) is 0 Å². The molecule has 0 bridgehead atoms. The van der Waals surface area contributed by atoms with Crippen molar-refractivity contribution in [2.45, 2.75) is 52.7 Å². The number of nitrogens with one attached hydrogen (secondary N) is 1. The number of carbonyl (C=O) groups is 3. The van der Waals surface area contributed by atoms with Gasteiger partial charge in [-0.1, -0.05) is 106 Å². The van der Waals surface area contributed by atoms with Gasteiger partial charge >= 0.3 is 0 Å². The molecule has 0 radical (unpaired) electrons. The Bertz CT molecular complexity index is 1350. The Morgan fingerprint density at radius 2 is 1.55 bits per heavy atom. The summed E-state index contributed by atoms with van der Waals surface area (Å²) < 4.78 is 0. The minimum atomic E-state index is -1.18. The second-order valence-electron chi connectivity index (χ2n) is 10.7. The fourth-order valence-electron chi connectivity index (χ4n) is 5.34. The van der Waals surface area contributed by atoms with E-state index in [2.05, 4.69) is 5.32 Å². The highest BCUT2D eigenvalue weighted by Gasteiger charge is 2.37. The zero-order valence-electron chi connectivity index (χ0n) is 23.4. The summed E-state index contributed by atoms with van der Waals surface area (Å²) in [5, 5.41) is 2.93. The van der Waals surface area contributed by atoms with E-state index >= 15 is 0 Å². The molecule has 3 aromatic rings. The number of anilines is 1. The van der Waals surface area contributed by atoms with Crippen LogP contribution in [0.5, 0.6) is 0 Å². The van der Waals surface area contributed by atoms with Gasteiger partial charge in [0, 0.05) is 23.0 Å². The quantitative estimate of drug-likeness (QED) is 0.356. The topological polar surface area (TPSA) is 105 Å². The van der Waals surface area contributed by atoms with Gasteiger partial charge < -0.3 is 16.0 Å². The molecule has 1 aliphatic heterocycles. The molecule has 7 heteroatoms. The van der Waals surface area contributed by atoms with Crippen LogP contribution in [-0.2, 0) is 20.9 Å². The number of benzene rings is 3. The summed E-state index contributed by atoms with van der Waals surface area (Å²) >= 11 is 0. The zero-order valence-corrected chi connectivity index (χ0v) is 23.4. The Labute approximate surface area is 236 Å². The third-order valence-corrected chi connectivity index (χ3v) is 7.23. The van der Waals surface area contributed by atoms with Crippen LogP contribution in [0.15, 0.2) is 89.9 Å². The van der Waals surface area contributed by atoms with Crippen LogP contribution in [-0.4, -0.2) is 29.6 Å². The van der Waals surface area contributed by atoms with Crippen molar-refractivity contribution in [1.82, 2.24) is 5.32 Å². The van der Waals surface area contributed by atoms with Crippen molar-refractivity contribution in [2.24, 2.45) is 28.5 Å².